The molecule has 2 aromatic carbocycles. The van der Waals surface area contributed by atoms with E-state index in [1.54, 1.807) is 7.11 Å². The van der Waals surface area contributed by atoms with E-state index in [-0.39, 0.29) is 11.9 Å². The summed E-state index contributed by atoms with van der Waals surface area (Å²) < 4.78 is 11.0. The Kier molecular flexibility index (Phi) is 6.65. The number of nitrogens with zero attached hydrogens (tertiary/aromatic N) is 3. The Morgan fingerprint density at radius 2 is 1.84 bits per heavy atom. The topological polar surface area (TPSA) is 68.5 Å². The lowest BCUT2D eigenvalue weighted by Gasteiger charge is -2.33. The fraction of sp³-hybridized carbons (Fsp3) is 0.400. The van der Waals surface area contributed by atoms with Crippen LogP contribution in [0.1, 0.15) is 49.1 Å². The van der Waals surface area contributed by atoms with E-state index in [2.05, 4.69) is 10.1 Å². The molecule has 1 aliphatic rings. The fourth-order valence-electron chi connectivity index (χ4n) is 4.21. The number of aromatic nitrogens is 2. The summed E-state index contributed by atoms with van der Waals surface area (Å²) in [6.07, 6.45) is 5.82. The van der Waals surface area contributed by atoms with Crippen molar-refractivity contribution in [1.82, 2.24) is 15.0 Å². The van der Waals surface area contributed by atoms with Crippen molar-refractivity contribution in [3.63, 3.8) is 0 Å². The Morgan fingerprint density at radius 3 is 2.58 bits per heavy atom. The van der Waals surface area contributed by atoms with Crippen LogP contribution in [0.4, 0.5) is 0 Å². The van der Waals surface area contributed by atoms with E-state index >= 15 is 0 Å². The van der Waals surface area contributed by atoms with Crippen molar-refractivity contribution in [2.45, 2.75) is 58.0 Å². The predicted octanol–water partition coefficient (Wildman–Crippen LogP) is 4.96. The molecule has 0 aliphatic heterocycles. The normalized spacial score (nSPS) is 14.4. The van der Waals surface area contributed by atoms with Gasteiger partial charge in [0.15, 0.2) is 0 Å². The number of rotatable bonds is 7. The van der Waals surface area contributed by atoms with Gasteiger partial charge in [-0.3, -0.25) is 4.79 Å². The van der Waals surface area contributed by atoms with Gasteiger partial charge in [-0.05, 0) is 25.8 Å². The van der Waals surface area contributed by atoms with E-state index in [4.69, 9.17) is 9.26 Å². The molecule has 4 rings (SSSR count). The number of aryl methyl sites for hydroxylation is 1. The van der Waals surface area contributed by atoms with Gasteiger partial charge < -0.3 is 14.2 Å². The Labute approximate surface area is 183 Å². The zero-order valence-electron chi connectivity index (χ0n) is 18.2. The molecule has 1 aliphatic carbocycles. The third-order valence-electron chi connectivity index (χ3n) is 5.95. The van der Waals surface area contributed by atoms with Gasteiger partial charge in [-0.15, -0.1) is 0 Å². The van der Waals surface area contributed by atoms with E-state index in [0.717, 1.165) is 42.6 Å². The lowest BCUT2D eigenvalue weighted by Crippen LogP contribution is -2.41. The third-order valence-corrected chi connectivity index (χ3v) is 5.95. The molecule has 1 fully saturated rings. The number of ether oxygens (including phenoxy) is 1. The second-order valence-electron chi connectivity index (χ2n) is 8.18. The first-order valence-electron chi connectivity index (χ1n) is 10.9. The molecule has 1 heterocycles. The zero-order chi connectivity index (χ0) is 21.6. The number of amides is 1. The average molecular weight is 420 g/mol. The number of hydrogen-bond acceptors (Lipinski definition) is 5. The summed E-state index contributed by atoms with van der Waals surface area (Å²) in [6.45, 7) is 2.37. The van der Waals surface area contributed by atoms with Crippen LogP contribution in [-0.2, 0) is 17.8 Å². The molecule has 31 heavy (non-hydrogen) atoms. The van der Waals surface area contributed by atoms with Crippen LogP contribution in [-0.4, -0.2) is 34.1 Å². The van der Waals surface area contributed by atoms with Gasteiger partial charge >= 0.3 is 0 Å². The van der Waals surface area contributed by atoms with E-state index in [1.165, 1.54) is 12.0 Å². The standard InChI is InChI=1S/C25H29N3O3/c1-18-12-14-19(15-13-18)25-26-23(31-27-25)17-28(21-9-4-3-5-10-21)24(29)16-20-8-6-7-11-22(20)30-2/h6-8,11-15,21H,3-5,9-10,16-17H2,1-2H3. The SMILES string of the molecule is COc1ccccc1CC(=O)N(Cc1nc(-c2ccc(C)cc2)no1)C1CCCCC1. The highest BCUT2D eigenvalue weighted by Gasteiger charge is 2.28. The van der Waals surface area contributed by atoms with Gasteiger partial charge in [-0.1, -0.05) is 72.4 Å². The van der Waals surface area contributed by atoms with Crippen LogP contribution < -0.4 is 4.74 Å². The van der Waals surface area contributed by atoms with E-state index in [1.807, 2.05) is 60.4 Å². The third kappa shape index (κ3) is 5.13. The summed E-state index contributed by atoms with van der Waals surface area (Å²) >= 11 is 0. The fourth-order valence-corrected chi connectivity index (χ4v) is 4.21. The van der Waals surface area contributed by atoms with Crippen LogP contribution in [0.5, 0.6) is 5.75 Å². The number of carbonyl (C=O) groups excluding carboxylic acids is 1. The van der Waals surface area contributed by atoms with Crippen molar-refractivity contribution in [3.8, 4) is 17.1 Å². The number of hydrogen-bond donors (Lipinski definition) is 0. The minimum absolute atomic E-state index is 0.0616. The average Bonchev–Trinajstić information content (AvgIpc) is 3.27. The molecule has 162 valence electrons. The summed E-state index contributed by atoms with van der Waals surface area (Å²) in [7, 11) is 1.63. The minimum Gasteiger partial charge on any atom is -0.496 e. The Morgan fingerprint density at radius 1 is 1.10 bits per heavy atom. The summed E-state index contributed by atoms with van der Waals surface area (Å²) in [6, 6.07) is 15.9. The van der Waals surface area contributed by atoms with Gasteiger partial charge in [0, 0.05) is 17.2 Å². The summed E-state index contributed by atoms with van der Waals surface area (Å²) in [5.74, 6) is 1.82. The molecular weight excluding hydrogens is 390 g/mol. The van der Waals surface area contributed by atoms with Crippen LogP contribution in [0.3, 0.4) is 0 Å². The Hall–Kier alpha value is -3.15. The molecule has 1 amide bonds. The van der Waals surface area contributed by atoms with Gasteiger partial charge in [0.05, 0.1) is 13.5 Å². The second kappa shape index (κ2) is 9.77. The molecular formula is C25H29N3O3. The first-order valence-corrected chi connectivity index (χ1v) is 10.9. The molecule has 0 saturated heterocycles. The van der Waals surface area contributed by atoms with Crippen molar-refractivity contribution in [2.75, 3.05) is 7.11 Å². The number of methoxy groups -OCH3 is 1. The van der Waals surface area contributed by atoms with Gasteiger partial charge in [-0.25, -0.2) is 0 Å². The maximum atomic E-state index is 13.4. The van der Waals surface area contributed by atoms with Crippen LogP contribution in [0.15, 0.2) is 53.1 Å². The van der Waals surface area contributed by atoms with Crippen LogP contribution in [0, 0.1) is 6.92 Å². The maximum Gasteiger partial charge on any atom is 0.246 e. The van der Waals surface area contributed by atoms with Crippen molar-refractivity contribution < 1.29 is 14.1 Å². The quantitative estimate of drug-likeness (QED) is 0.542. The molecule has 0 bridgehead atoms. The second-order valence-corrected chi connectivity index (χ2v) is 8.18. The molecule has 0 N–H and O–H groups in total. The smallest absolute Gasteiger partial charge is 0.246 e. The minimum atomic E-state index is 0.0616. The highest BCUT2D eigenvalue weighted by Crippen LogP contribution is 2.27. The highest BCUT2D eigenvalue weighted by molar-refractivity contribution is 5.79. The predicted molar refractivity (Wildman–Crippen MR) is 119 cm³/mol. The zero-order valence-corrected chi connectivity index (χ0v) is 18.2. The maximum absolute atomic E-state index is 13.4. The van der Waals surface area contributed by atoms with Gasteiger partial charge in [-0.2, -0.15) is 4.98 Å². The van der Waals surface area contributed by atoms with Crippen molar-refractivity contribution in [2.24, 2.45) is 0 Å². The van der Waals surface area contributed by atoms with Crippen molar-refractivity contribution >= 4 is 5.91 Å². The lowest BCUT2D eigenvalue weighted by atomic mass is 9.93. The van der Waals surface area contributed by atoms with E-state index < -0.39 is 0 Å². The molecule has 0 unspecified atom stereocenters. The molecule has 0 atom stereocenters. The number of carbonyl (C=O) groups is 1. The van der Waals surface area contributed by atoms with Crippen LogP contribution in [0.25, 0.3) is 11.4 Å². The number of benzene rings is 2. The van der Waals surface area contributed by atoms with Crippen molar-refractivity contribution in [3.05, 3.63) is 65.5 Å². The van der Waals surface area contributed by atoms with Crippen molar-refractivity contribution in [1.29, 1.82) is 0 Å². The molecule has 0 spiro atoms. The summed E-state index contributed by atoms with van der Waals surface area (Å²) in [5.41, 5.74) is 2.98. The highest BCUT2D eigenvalue weighted by atomic mass is 16.5. The van der Waals surface area contributed by atoms with Crippen LogP contribution >= 0.6 is 0 Å². The van der Waals surface area contributed by atoms with E-state index in [0.29, 0.717) is 24.7 Å². The Bertz CT molecular complexity index is 1010. The molecule has 1 saturated carbocycles. The number of para-hydroxylation sites is 1. The Balaban J connectivity index is 1.54. The van der Waals surface area contributed by atoms with Crippen LogP contribution in [0.2, 0.25) is 0 Å². The molecule has 6 heteroatoms. The van der Waals surface area contributed by atoms with Gasteiger partial charge in [0.2, 0.25) is 17.6 Å². The lowest BCUT2D eigenvalue weighted by molar-refractivity contribution is -0.134. The molecule has 3 aromatic rings. The monoisotopic (exact) mass is 419 g/mol. The summed E-state index contributed by atoms with van der Waals surface area (Å²) in [5, 5.41) is 4.14. The van der Waals surface area contributed by atoms with E-state index in [9.17, 15) is 4.79 Å². The van der Waals surface area contributed by atoms with Gasteiger partial charge in [0.1, 0.15) is 12.3 Å². The molecule has 0 radical (unpaired) electrons. The molecule has 1 aromatic heterocycles. The molecule has 6 nitrogen and oxygen atoms in total. The largest absolute Gasteiger partial charge is 0.496 e. The summed E-state index contributed by atoms with van der Waals surface area (Å²) in [4.78, 5) is 19.9. The first-order chi connectivity index (χ1) is 15.1. The first kappa shape index (κ1) is 21.1. The van der Waals surface area contributed by atoms with Gasteiger partial charge in [0.25, 0.3) is 0 Å².